The number of halogens is 1. The molecule has 0 fully saturated rings. The van der Waals surface area contributed by atoms with Crippen molar-refractivity contribution in [3.8, 4) is 0 Å². The summed E-state index contributed by atoms with van der Waals surface area (Å²) in [6, 6.07) is 7.36. The van der Waals surface area contributed by atoms with Crippen LogP contribution in [0.1, 0.15) is 16.1 Å². The maximum absolute atomic E-state index is 11.7. The molecule has 2 aromatic rings. The van der Waals surface area contributed by atoms with Gasteiger partial charge in [0, 0.05) is 18.6 Å². The fraction of sp³-hybridized carbons (Fsp3) is 0.182. The first-order valence-electron chi connectivity index (χ1n) is 5.05. The van der Waals surface area contributed by atoms with Crippen molar-refractivity contribution in [3.05, 3.63) is 46.7 Å². The summed E-state index contributed by atoms with van der Waals surface area (Å²) >= 11 is 5.97. The topological polar surface area (TPSA) is 59.8 Å². The summed E-state index contributed by atoms with van der Waals surface area (Å²) in [4.78, 5) is 13.0. The van der Waals surface area contributed by atoms with Crippen molar-refractivity contribution in [1.29, 1.82) is 0 Å². The minimum atomic E-state index is -0.266. The molecule has 1 aromatic heterocycles. The van der Waals surface area contributed by atoms with Gasteiger partial charge in [-0.1, -0.05) is 29.8 Å². The largest absolute Gasteiger partial charge is 0.346 e. The molecule has 0 bridgehead atoms. The standard InChI is InChI=1S/C11H11ClN4O/c1-16-14-7-10(15-16)11(17)13-6-8-4-2-3-5-9(8)12/h2-5,7H,6H2,1H3,(H,13,17). The Morgan fingerprint density at radius 1 is 1.47 bits per heavy atom. The predicted octanol–water partition coefficient (Wildman–Crippen LogP) is 1.40. The van der Waals surface area contributed by atoms with Crippen LogP contribution in [0.3, 0.4) is 0 Å². The van der Waals surface area contributed by atoms with Crippen molar-refractivity contribution in [1.82, 2.24) is 20.3 Å². The predicted molar refractivity (Wildman–Crippen MR) is 63.6 cm³/mol. The van der Waals surface area contributed by atoms with E-state index in [1.165, 1.54) is 11.0 Å². The molecular formula is C11H11ClN4O. The van der Waals surface area contributed by atoms with Crippen LogP contribution in [-0.4, -0.2) is 20.9 Å². The Bertz CT molecular complexity index is 538. The lowest BCUT2D eigenvalue weighted by Crippen LogP contribution is -2.23. The van der Waals surface area contributed by atoms with Gasteiger partial charge in [0.05, 0.1) is 6.20 Å². The van der Waals surface area contributed by atoms with Gasteiger partial charge in [-0.25, -0.2) is 0 Å². The van der Waals surface area contributed by atoms with Crippen molar-refractivity contribution >= 4 is 17.5 Å². The van der Waals surface area contributed by atoms with Gasteiger partial charge < -0.3 is 5.32 Å². The quantitative estimate of drug-likeness (QED) is 0.896. The zero-order valence-electron chi connectivity index (χ0n) is 9.22. The number of amides is 1. The van der Waals surface area contributed by atoms with E-state index in [1.807, 2.05) is 18.2 Å². The summed E-state index contributed by atoms with van der Waals surface area (Å²) in [5.74, 6) is -0.266. The second-order valence-electron chi connectivity index (χ2n) is 3.49. The molecular weight excluding hydrogens is 240 g/mol. The summed E-state index contributed by atoms with van der Waals surface area (Å²) in [5.41, 5.74) is 1.16. The third-order valence-corrected chi connectivity index (χ3v) is 2.60. The normalized spacial score (nSPS) is 10.2. The Morgan fingerprint density at radius 3 is 2.88 bits per heavy atom. The molecule has 17 heavy (non-hydrogen) atoms. The van der Waals surface area contributed by atoms with Gasteiger partial charge in [-0.05, 0) is 11.6 Å². The Kier molecular flexibility index (Phi) is 3.39. The van der Waals surface area contributed by atoms with Gasteiger partial charge in [-0.2, -0.15) is 9.90 Å². The van der Waals surface area contributed by atoms with Crippen molar-refractivity contribution in [3.63, 3.8) is 0 Å². The smallest absolute Gasteiger partial charge is 0.273 e. The van der Waals surface area contributed by atoms with Crippen molar-refractivity contribution < 1.29 is 4.79 Å². The van der Waals surface area contributed by atoms with E-state index < -0.39 is 0 Å². The molecule has 0 spiro atoms. The summed E-state index contributed by atoms with van der Waals surface area (Å²) < 4.78 is 0. The van der Waals surface area contributed by atoms with Gasteiger partial charge >= 0.3 is 0 Å². The number of nitrogens with zero attached hydrogens (tertiary/aromatic N) is 3. The minimum Gasteiger partial charge on any atom is -0.346 e. The first kappa shape index (κ1) is 11.6. The first-order valence-corrected chi connectivity index (χ1v) is 5.42. The molecule has 2 rings (SSSR count). The highest BCUT2D eigenvalue weighted by atomic mass is 35.5. The molecule has 0 radical (unpaired) electrons. The first-order chi connectivity index (χ1) is 8.16. The fourth-order valence-electron chi connectivity index (χ4n) is 1.36. The van der Waals surface area contributed by atoms with Crippen LogP contribution in [0.4, 0.5) is 0 Å². The highest BCUT2D eigenvalue weighted by molar-refractivity contribution is 6.31. The van der Waals surface area contributed by atoms with Crippen LogP contribution in [-0.2, 0) is 13.6 Å². The van der Waals surface area contributed by atoms with E-state index in [-0.39, 0.29) is 5.91 Å². The lowest BCUT2D eigenvalue weighted by atomic mass is 10.2. The van der Waals surface area contributed by atoms with Gasteiger partial charge in [0.2, 0.25) is 0 Å². The van der Waals surface area contributed by atoms with Crippen LogP contribution < -0.4 is 5.32 Å². The Labute approximate surface area is 103 Å². The second-order valence-corrected chi connectivity index (χ2v) is 3.90. The monoisotopic (exact) mass is 250 g/mol. The molecule has 0 aliphatic heterocycles. The lowest BCUT2D eigenvalue weighted by molar-refractivity contribution is 0.0945. The number of carbonyl (C=O) groups is 1. The van der Waals surface area contributed by atoms with E-state index in [9.17, 15) is 4.79 Å². The highest BCUT2D eigenvalue weighted by Gasteiger charge is 2.09. The average Bonchev–Trinajstić information content (AvgIpc) is 2.74. The molecule has 1 amide bonds. The van der Waals surface area contributed by atoms with E-state index in [2.05, 4.69) is 15.5 Å². The molecule has 0 saturated carbocycles. The van der Waals surface area contributed by atoms with E-state index in [0.717, 1.165) is 5.56 Å². The van der Waals surface area contributed by atoms with Crippen molar-refractivity contribution in [2.75, 3.05) is 0 Å². The number of aryl methyl sites for hydroxylation is 1. The zero-order chi connectivity index (χ0) is 12.3. The van der Waals surface area contributed by atoms with Gasteiger partial charge in [0.15, 0.2) is 5.69 Å². The second kappa shape index (κ2) is 4.97. The molecule has 0 saturated heterocycles. The van der Waals surface area contributed by atoms with E-state index in [4.69, 9.17) is 11.6 Å². The van der Waals surface area contributed by atoms with E-state index in [0.29, 0.717) is 17.3 Å². The van der Waals surface area contributed by atoms with Crippen molar-refractivity contribution in [2.45, 2.75) is 6.54 Å². The third-order valence-electron chi connectivity index (χ3n) is 2.23. The van der Waals surface area contributed by atoms with Crippen LogP contribution in [0, 0.1) is 0 Å². The number of hydrogen-bond acceptors (Lipinski definition) is 3. The Morgan fingerprint density at radius 2 is 2.24 bits per heavy atom. The Balaban J connectivity index is 1.99. The number of carbonyl (C=O) groups excluding carboxylic acids is 1. The van der Waals surface area contributed by atoms with Gasteiger partial charge in [0.1, 0.15) is 0 Å². The van der Waals surface area contributed by atoms with Crippen LogP contribution in [0.2, 0.25) is 5.02 Å². The van der Waals surface area contributed by atoms with Crippen molar-refractivity contribution in [2.24, 2.45) is 7.05 Å². The molecule has 1 aromatic carbocycles. The molecule has 1 N–H and O–H groups in total. The molecule has 88 valence electrons. The molecule has 5 nitrogen and oxygen atoms in total. The third kappa shape index (κ3) is 2.82. The minimum absolute atomic E-state index is 0.266. The SMILES string of the molecule is Cn1ncc(C(=O)NCc2ccccc2Cl)n1. The van der Waals surface area contributed by atoms with E-state index >= 15 is 0 Å². The molecule has 0 unspecified atom stereocenters. The van der Waals surface area contributed by atoms with Crippen LogP contribution in [0.5, 0.6) is 0 Å². The maximum Gasteiger partial charge on any atom is 0.273 e. The summed E-state index contributed by atoms with van der Waals surface area (Å²) in [7, 11) is 1.66. The van der Waals surface area contributed by atoms with Gasteiger partial charge in [-0.15, -0.1) is 5.10 Å². The van der Waals surface area contributed by atoms with Crippen LogP contribution >= 0.6 is 11.6 Å². The number of nitrogens with one attached hydrogen (secondary N) is 1. The zero-order valence-corrected chi connectivity index (χ0v) is 9.98. The average molecular weight is 251 g/mol. The number of aromatic nitrogens is 3. The number of benzene rings is 1. The summed E-state index contributed by atoms with van der Waals surface area (Å²) in [6.07, 6.45) is 1.42. The molecule has 0 aliphatic carbocycles. The maximum atomic E-state index is 11.7. The summed E-state index contributed by atoms with van der Waals surface area (Å²) in [6.45, 7) is 0.370. The number of rotatable bonds is 3. The lowest BCUT2D eigenvalue weighted by Gasteiger charge is -2.04. The van der Waals surface area contributed by atoms with Crippen LogP contribution in [0.15, 0.2) is 30.5 Å². The van der Waals surface area contributed by atoms with Gasteiger partial charge in [-0.3, -0.25) is 4.79 Å². The molecule has 0 atom stereocenters. The molecule has 6 heteroatoms. The number of hydrogen-bond donors (Lipinski definition) is 1. The van der Waals surface area contributed by atoms with Crippen LogP contribution in [0.25, 0.3) is 0 Å². The molecule has 0 aliphatic rings. The fourth-order valence-corrected chi connectivity index (χ4v) is 1.56. The Hall–Kier alpha value is -1.88. The summed E-state index contributed by atoms with van der Waals surface area (Å²) in [5, 5.41) is 11.1. The highest BCUT2D eigenvalue weighted by Crippen LogP contribution is 2.14. The molecule has 1 heterocycles. The van der Waals surface area contributed by atoms with Gasteiger partial charge in [0.25, 0.3) is 5.91 Å². The van der Waals surface area contributed by atoms with E-state index in [1.54, 1.807) is 13.1 Å².